The molecule has 136 valence electrons. The third-order valence-corrected chi connectivity index (χ3v) is 3.96. The highest BCUT2D eigenvalue weighted by Crippen LogP contribution is 2.30. The van der Waals surface area contributed by atoms with Crippen molar-refractivity contribution in [2.45, 2.75) is 13.0 Å². The molecule has 0 spiro atoms. The fourth-order valence-corrected chi connectivity index (χ4v) is 2.68. The smallest absolute Gasteiger partial charge is 0.339 e. The number of hydrogen-bond acceptors (Lipinski definition) is 5. The largest absolute Gasteiger partial charge is 0.496 e. The number of amides is 1. The topological polar surface area (TPSA) is 94.1 Å². The minimum atomic E-state index is -1.08. The van der Waals surface area contributed by atoms with E-state index in [-0.39, 0.29) is 30.2 Å². The molecule has 1 aliphatic heterocycles. The second-order valence-corrected chi connectivity index (χ2v) is 5.77. The molecule has 1 amide bonds. The summed E-state index contributed by atoms with van der Waals surface area (Å²) in [6.45, 7) is 1.24. The Kier molecular flexibility index (Phi) is 5.26. The van der Waals surface area contributed by atoms with Crippen molar-refractivity contribution in [3.8, 4) is 17.2 Å². The molecule has 7 heteroatoms. The van der Waals surface area contributed by atoms with Gasteiger partial charge in [0.1, 0.15) is 24.5 Å². The standard InChI is InChI=1S/C19H19NO6/c1-24-15-4-3-13(8-14(15)19(22)23)11-20-18(21)10-12-2-5-16-17(9-12)26-7-6-25-16/h2-5,8-9H,6-7,10-11H2,1H3,(H,20,21)(H,22,23). The maximum atomic E-state index is 12.2. The molecule has 0 atom stereocenters. The monoisotopic (exact) mass is 357 g/mol. The van der Waals surface area contributed by atoms with E-state index < -0.39 is 5.97 Å². The van der Waals surface area contributed by atoms with Gasteiger partial charge in [-0.3, -0.25) is 4.79 Å². The van der Waals surface area contributed by atoms with E-state index >= 15 is 0 Å². The quantitative estimate of drug-likeness (QED) is 0.821. The summed E-state index contributed by atoms with van der Waals surface area (Å²) in [4.78, 5) is 23.4. The van der Waals surface area contributed by atoms with Gasteiger partial charge in [-0.25, -0.2) is 4.79 Å². The number of ether oxygens (including phenoxy) is 3. The number of fused-ring (bicyclic) bond motifs is 1. The number of benzene rings is 2. The first-order chi connectivity index (χ1) is 12.6. The Balaban J connectivity index is 1.61. The van der Waals surface area contributed by atoms with Crippen molar-refractivity contribution in [3.05, 3.63) is 53.1 Å². The molecular weight excluding hydrogens is 338 g/mol. The number of nitrogens with one attached hydrogen (secondary N) is 1. The lowest BCUT2D eigenvalue weighted by molar-refractivity contribution is -0.120. The molecular formula is C19H19NO6. The Hall–Kier alpha value is -3.22. The summed E-state index contributed by atoms with van der Waals surface area (Å²) in [7, 11) is 1.41. The predicted octanol–water partition coefficient (Wildman–Crippen LogP) is 2.02. The summed E-state index contributed by atoms with van der Waals surface area (Å²) in [5.74, 6) is 0.354. The molecule has 3 rings (SSSR count). The number of hydrogen-bond donors (Lipinski definition) is 2. The van der Waals surface area contributed by atoms with Gasteiger partial charge in [0.15, 0.2) is 11.5 Å². The van der Waals surface area contributed by atoms with E-state index in [0.29, 0.717) is 30.3 Å². The fraction of sp³-hybridized carbons (Fsp3) is 0.263. The average molecular weight is 357 g/mol. The van der Waals surface area contributed by atoms with Gasteiger partial charge < -0.3 is 24.6 Å². The van der Waals surface area contributed by atoms with E-state index in [4.69, 9.17) is 14.2 Å². The molecule has 2 aromatic rings. The Morgan fingerprint density at radius 1 is 1.08 bits per heavy atom. The Morgan fingerprint density at radius 2 is 1.81 bits per heavy atom. The number of carboxylic acids is 1. The second kappa shape index (κ2) is 7.77. The van der Waals surface area contributed by atoms with E-state index in [2.05, 4.69) is 5.32 Å². The summed E-state index contributed by atoms with van der Waals surface area (Å²) >= 11 is 0. The molecule has 1 aliphatic rings. The third kappa shape index (κ3) is 4.05. The molecule has 0 saturated carbocycles. The molecule has 0 fully saturated rings. The second-order valence-electron chi connectivity index (χ2n) is 5.77. The van der Waals surface area contributed by atoms with Gasteiger partial charge in [0.2, 0.25) is 5.91 Å². The average Bonchev–Trinajstić information content (AvgIpc) is 2.66. The first-order valence-corrected chi connectivity index (χ1v) is 8.12. The lowest BCUT2D eigenvalue weighted by Crippen LogP contribution is -2.25. The summed E-state index contributed by atoms with van der Waals surface area (Å²) in [6, 6.07) is 10.2. The van der Waals surface area contributed by atoms with E-state index in [9.17, 15) is 14.7 Å². The molecule has 2 N–H and O–H groups in total. The van der Waals surface area contributed by atoms with Gasteiger partial charge in [-0.1, -0.05) is 12.1 Å². The highest BCUT2D eigenvalue weighted by Gasteiger charge is 2.14. The number of rotatable bonds is 6. The zero-order valence-electron chi connectivity index (χ0n) is 14.3. The van der Waals surface area contributed by atoms with Crippen molar-refractivity contribution < 1.29 is 28.9 Å². The molecule has 26 heavy (non-hydrogen) atoms. The molecule has 0 saturated heterocycles. The van der Waals surface area contributed by atoms with E-state index in [1.165, 1.54) is 13.2 Å². The van der Waals surface area contributed by atoms with E-state index in [0.717, 1.165) is 5.56 Å². The molecule has 0 aromatic heterocycles. The van der Waals surface area contributed by atoms with Crippen LogP contribution in [0.4, 0.5) is 0 Å². The number of carbonyl (C=O) groups is 2. The predicted molar refractivity (Wildman–Crippen MR) is 92.9 cm³/mol. The molecule has 0 aliphatic carbocycles. The van der Waals surface area contributed by atoms with Gasteiger partial charge >= 0.3 is 5.97 Å². The molecule has 0 unspecified atom stereocenters. The van der Waals surface area contributed by atoms with Crippen molar-refractivity contribution in [2.75, 3.05) is 20.3 Å². The number of carboxylic acid groups (broad SMARTS) is 1. The van der Waals surface area contributed by atoms with Gasteiger partial charge in [-0.2, -0.15) is 0 Å². The van der Waals surface area contributed by atoms with Gasteiger partial charge in [-0.15, -0.1) is 0 Å². The van der Waals surface area contributed by atoms with Gasteiger partial charge in [0, 0.05) is 6.54 Å². The van der Waals surface area contributed by atoms with E-state index in [1.54, 1.807) is 24.3 Å². The van der Waals surface area contributed by atoms with Crippen molar-refractivity contribution in [3.63, 3.8) is 0 Å². The van der Waals surface area contributed by atoms with Gasteiger partial charge in [-0.05, 0) is 35.4 Å². The summed E-state index contributed by atoms with van der Waals surface area (Å²) in [5, 5.41) is 12.0. The van der Waals surface area contributed by atoms with Crippen LogP contribution in [-0.4, -0.2) is 37.3 Å². The van der Waals surface area contributed by atoms with Crippen molar-refractivity contribution in [1.29, 1.82) is 0 Å². The van der Waals surface area contributed by atoms with Crippen LogP contribution in [0, 0.1) is 0 Å². The number of aromatic carboxylic acids is 1. The molecule has 1 heterocycles. The molecule has 0 radical (unpaired) electrons. The zero-order valence-corrected chi connectivity index (χ0v) is 14.3. The Morgan fingerprint density at radius 3 is 2.54 bits per heavy atom. The Bertz CT molecular complexity index is 833. The van der Waals surface area contributed by atoms with Crippen molar-refractivity contribution in [2.24, 2.45) is 0 Å². The van der Waals surface area contributed by atoms with Crippen LogP contribution in [0.2, 0.25) is 0 Å². The maximum absolute atomic E-state index is 12.2. The van der Waals surface area contributed by atoms with Gasteiger partial charge in [0.05, 0.1) is 13.5 Å². The molecule has 0 bridgehead atoms. The van der Waals surface area contributed by atoms with E-state index in [1.807, 2.05) is 6.07 Å². The van der Waals surface area contributed by atoms with Crippen molar-refractivity contribution in [1.82, 2.24) is 5.32 Å². The summed E-state index contributed by atoms with van der Waals surface area (Å²) in [5.41, 5.74) is 1.55. The van der Waals surface area contributed by atoms with Crippen LogP contribution in [-0.2, 0) is 17.8 Å². The zero-order chi connectivity index (χ0) is 18.5. The molecule has 7 nitrogen and oxygen atoms in total. The Labute approximate surface area is 150 Å². The van der Waals surface area contributed by atoms with Gasteiger partial charge in [0.25, 0.3) is 0 Å². The van der Waals surface area contributed by atoms with Crippen LogP contribution in [0.3, 0.4) is 0 Å². The third-order valence-electron chi connectivity index (χ3n) is 3.96. The SMILES string of the molecule is COc1ccc(CNC(=O)Cc2ccc3c(c2)OCCO3)cc1C(=O)O. The van der Waals surface area contributed by atoms with Crippen LogP contribution < -0.4 is 19.5 Å². The fourth-order valence-electron chi connectivity index (χ4n) is 2.68. The highest BCUT2D eigenvalue weighted by atomic mass is 16.6. The minimum absolute atomic E-state index is 0.0612. The maximum Gasteiger partial charge on any atom is 0.339 e. The molecule has 2 aromatic carbocycles. The first-order valence-electron chi connectivity index (χ1n) is 8.12. The normalized spacial score (nSPS) is 12.3. The van der Waals surface area contributed by atoms with Crippen LogP contribution in [0.15, 0.2) is 36.4 Å². The number of methoxy groups -OCH3 is 1. The summed E-state index contributed by atoms with van der Waals surface area (Å²) < 4.78 is 16.0. The minimum Gasteiger partial charge on any atom is -0.496 e. The van der Waals surface area contributed by atoms with Crippen LogP contribution in [0.25, 0.3) is 0 Å². The summed E-state index contributed by atoms with van der Waals surface area (Å²) in [6.07, 6.45) is 0.193. The van der Waals surface area contributed by atoms with Crippen LogP contribution in [0.1, 0.15) is 21.5 Å². The lowest BCUT2D eigenvalue weighted by atomic mass is 10.1. The van der Waals surface area contributed by atoms with Crippen LogP contribution in [0.5, 0.6) is 17.2 Å². The number of carbonyl (C=O) groups excluding carboxylic acids is 1. The highest BCUT2D eigenvalue weighted by molar-refractivity contribution is 5.91. The van der Waals surface area contributed by atoms with Crippen molar-refractivity contribution >= 4 is 11.9 Å². The first kappa shape index (κ1) is 17.6. The lowest BCUT2D eigenvalue weighted by Gasteiger charge is -2.18. The van der Waals surface area contributed by atoms with Crippen LogP contribution >= 0.6 is 0 Å².